The molecule has 1 atom stereocenters. The number of hydrogen-bond donors (Lipinski definition) is 1. The van der Waals surface area contributed by atoms with Gasteiger partial charge in [0, 0.05) is 12.7 Å². The van der Waals surface area contributed by atoms with Gasteiger partial charge in [-0.15, -0.1) is 6.42 Å². The molecule has 0 amide bonds. The van der Waals surface area contributed by atoms with Gasteiger partial charge in [-0.05, 0) is 24.7 Å². The molecule has 0 fully saturated rings. The fourth-order valence-corrected chi connectivity index (χ4v) is 1.32. The number of likely N-dealkylation sites (N-methyl/N-ethyl adjacent to an activating group) is 1. The van der Waals surface area contributed by atoms with E-state index in [1.54, 1.807) is 7.11 Å². The Bertz CT molecular complexity index is 310. The van der Waals surface area contributed by atoms with Gasteiger partial charge in [0.2, 0.25) is 0 Å². The van der Waals surface area contributed by atoms with Crippen molar-refractivity contribution in [3.63, 3.8) is 0 Å². The highest BCUT2D eigenvalue weighted by molar-refractivity contribution is 5.35. The lowest BCUT2D eigenvalue weighted by Crippen LogP contribution is -2.20. The summed E-state index contributed by atoms with van der Waals surface area (Å²) in [6.45, 7) is 0.659. The fourth-order valence-electron chi connectivity index (χ4n) is 1.32. The summed E-state index contributed by atoms with van der Waals surface area (Å²) in [5.74, 6) is 2.59. The summed E-state index contributed by atoms with van der Waals surface area (Å²) in [7, 11) is 3.61. The summed E-state index contributed by atoms with van der Waals surface area (Å²) < 4.78 is 5.10. The molecule has 0 radical (unpaired) electrons. The summed E-state index contributed by atoms with van der Waals surface area (Å²) in [5.41, 5.74) is 2.09. The minimum Gasteiger partial charge on any atom is -0.383 e. The summed E-state index contributed by atoms with van der Waals surface area (Å²) in [4.78, 5) is 0. The van der Waals surface area contributed by atoms with E-state index in [1.165, 1.54) is 5.56 Å². The average molecular weight is 189 g/mol. The lowest BCUT2D eigenvalue weighted by atomic mass is 10.1. The van der Waals surface area contributed by atoms with E-state index in [4.69, 9.17) is 11.2 Å². The number of rotatable bonds is 4. The van der Waals surface area contributed by atoms with E-state index in [0.717, 1.165) is 5.56 Å². The van der Waals surface area contributed by atoms with Crippen molar-refractivity contribution in [1.82, 2.24) is 5.32 Å². The van der Waals surface area contributed by atoms with Crippen molar-refractivity contribution in [3.8, 4) is 12.3 Å². The van der Waals surface area contributed by atoms with Crippen molar-refractivity contribution in [2.24, 2.45) is 0 Å². The van der Waals surface area contributed by atoms with Gasteiger partial charge in [-0.25, -0.2) is 0 Å². The minimum atomic E-state index is 0.229. The zero-order valence-corrected chi connectivity index (χ0v) is 8.58. The number of nitrogens with one attached hydrogen (secondary N) is 1. The first kappa shape index (κ1) is 10.8. The normalized spacial score (nSPS) is 12.1. The van der Waals surface area contributed by atoms with Crippen LogP contribution in [0.25, 0.3) is 0 Å². The Balaban J connectivity index is 2.79. The highest BCUT2D eigenvalue weighted by Gasteiger charge is 2.07. The standard InChI is InChI=1S/C12H15NO/c1-4-10-5-7-11(8-6-10)12(13-2)9-14-3/h1,5-8,12-13H,9H2,2-3H3. The van der Waals surface area contributed by atoms with Crippen LogP contribution in [0.2, 0.25) is 0 Å². The van der Waals surface area contributed by atoms with Crippen molar-refractivity contribution in [2.75, 3.05) is 20.8 Å². The van der Waals surface area contributed by atoms with Crippen molar-refractivity contribution >= 4 is 0 Å². The van der Waals surface area contributed by atoms with Gasteiger partial charge in [-0.3, -0.25) is 0 Å². The van der Waals surface area contributed by atoms with E-state index in [9.17, 15) is 0 Å². The maximum absolute atomic E-state index is 5.28. The smallest absolute Gasteiger partial charge is 0.0657 e. The predicted molar refractivity (Wildman–Crippen MR) is 58.1 cm³/mol. The van der Waals surface area contributed by atoms with Crippen LogP contribution in [0.3, 0.4) is 0 Å². The molecule has 1 rings (SSSR count). The molecule has 0 bridgehead atoms. The minimum absolute atomic E-state index is 0.229. The molecule has 1 unspecified atom stereocenters. The van der Waals surface area contributed by atoms with Crippen LogP contribution in [0.5, 0.6) is 0 Å². The molecule has 0 aliphatic rings. The van der Waals surface area contributed by atoms with Crippen LogP contribution in [0.4, 0.5) is 0 Å². The first-order valence-corrected chi connectivity index (χ1v) is 4.54. The van der Waals surface area contributed by atoms with Gasteiger partial charge in [0.15, 0.2) is 0 Å². The van der Waals surface area contributed by atoms with E-state index >= 15 is 0 Å². The molecule has 0 heterocycles. The van der Waals surface area contributed by atoms with Crippen molar-refractivity contribution < 1.29 is 4.74 Å². The van der Waals surface area contributed by atoms with Gasteiger partial charge in [-0.2, -0.15) is 0 Å². The second-order valence-electron chi connectivity index (χ2n) is 3.06. The van der Waals surface area contributed by atoms with Gasteiger partial charge in [0.1, 0.15) is 0 Å². The molecule has 0 saturated carbocycles. The van der Waals surface area contributed by atoms with Crippen LogP contribution in [-0.2, 0) is 4.74 Å². The first-order chi connectivity index (χ1) is 6.81. The van der Waals surface area contributed by atoms with Crippen LogP contribution in [0.1, 0.15) is 17.2 Å². The Kier molecular flexibility index (Phi) is 4.18. The third-order valence-electron chi connectivity index (χ3n) is 2.16. The number of ether oxygens (including phenoxy) is 1. The zero-order valence-electron chi connectivity index (χ0n) is 8.58. The Morgan fingerprint density at radius 3 is 2.50 bits per heavy atom. The van der Waals surface area contributed by atoms with Gasteiger partial charge in [0.25, 0.3) is 0 Å². The molecule has 74 valence electrons. The van der Waals surface area contributed by atoms with E-state index in [-0.39, 0.29) is 6.04 Å². The summed E-state index contributed by atoms with van der Waals surface area (Å²) >= 11 is 0. The van der Waals surface area contributed by atoms with Crippen molar-refractivity contribution in [1.29, 1.82) is 0 Å². The fraction of sp³-hybridized carbons (Fsp3) is 0.333. The second kappa shape index (κ2) is 5.43. The molecule has 0 aliphatic carbocycles. The highest BCUT2D eigenvalue weighted by atomic mass is 16.5. The summed E-state index contributed by atoms with van der Waals surface area (Å²) in [5, 5.41) is 3.18. The number of benzene rings is 1. The van der Waals surface area contributed by atoms with E-state index < -0.39 is 0 Å². The summed E-state index contributed by atoms with van der Waals surface area (Å²) in [6, 6.07) is 8.15. The Morgan fingerprint density at radius 2 is 2.07 bits per heavy atom. The van der Waals surface area contributed by atoms with Crippen molar-refractivity contribution in [3.05, 3.63) is 35.4 Å². The largest absolute Gasteiger partial charge is 0.383 e. The molecule has 0 spiro atoms. The van der Waals surface area contributed by atoms with Gasteiger partial charge < -0.3 is 10.1 Å². The van der Waals surface area contributed by atoms with Gasteiger partial charge >= 0.3 is 0 Å². The molecule has 0 saturated heterocycles. The average Bonchev–Trinajstić information content (AvgIpc) is 2.26. The van der Waals surface area contributed by atoms with E-state index in [0.29, 0.717) is 6.61 Å². The Labute approximate surface area is 85.3 Å². The maximum atomic E-state index is 5.28. The molecule has 1 aromatic carbocycles. The van der Waals surface area contributed by atoms with E-state index in [2.05, 4.69) is 11.2 Å². The van der Waals surface area contributed by atoms with Gasteiger partial charge in [0.05, 0.1) is 12.6 Å². The quantitative estimate of drug-likeness (QED) is 0.726. The van der Waals surface area contributed by atoms with Crippen LogP contribution in [-0.4, -0.2) is 20.8 Å². The second-order valence-corrected chi connectivity index (χ2v) is 3.06. The SMILES string of the molecule is C#Cc1ccc(C(COC)NC)cc1. The third-order valence-corrected chi connectivity index (χ3v) is 2.16. The van der Waals surface area contributed by atoms with Crippen LogP contribution in [0.15, 0.2) is 24.3 Å². The van der Waals surface area contributed by atoms with Gasteiger partial charge in [-0.1, -0.05) is 18.1 Å². The number of methoxy groups -OCH3 is 1. The zero-order chi connectivity index (χ0) is 10.4. The molecule has 2 heteroatoms. The molecule has 1 aromatic rings. The Hall–Kier alpha value is -1.30. The number of terminal acetylenes is 1. The third kappa shape index (κ3) is 2.59. The predicted octanol–water partition coefficient (Wildman–Crippen LogP) is 1.57. The first-order valence-electron chi connectivity index (χ1n) is 4.54. The monoisotopic (exact) mass is 189 g/mol. The van der Waals surface area contributed by atoms with Crippen LogP contribution in [0, 0.1) is 12.3 Å². The van der Waals surface area contributed by atoms with Crippen molar-refractivity contribution in [2.45, 2.75) is 6.04 Å². The highest BCUT2D eigenvalue weighted by Crippen LogP contribution is 2.13. The number of hydrogen-bond acceptors (Lipinski definition) is 2. The lowest BCUT2D eigenvalue weighted by Gasteiger charge is -2.15. The molecular formula is C12H15NO. The lowest BCUT2D eigenvalue weighted by molar-refractivity contribution is 0.170. The van der Waals surface area contributed by atoms with Crippen LogP contribution >= 0.6 is 0 Å². The Morgan fingerprint density at radius 1 is 1.43 bits per heavy atom. The maximum Gasteiger partial charge on any atom is 0.0657 e. The molecular weight excluding hydrogens is 174 g/mol. The molecule has 2 nitrogen and oxygen atoms in total. The van der Waals surface area contributed by atoms with Crippen LogP contribution < -0.4 is 5.32 Å². The molecule has 0 aliphatic heterocycles. The topological polar surface area (TPSA) is 21.3 Å². The van der Waals surface area contributed by atoms with E-state index in [1.807, 2.05) is 31.3 Å². The molecule has 0 aromatic heterocycles. The molecule has 14 heavy (non-hydrogen) atoms. The summed E-state index contributed by atoms with van der Waals surface area (Å²) in [6.07, 6.45) is 5.28. The molecule has 1 N–H and O–H groups in total.